The van der Waals surface area contributed by atoms with Gasteiger partial charge in [-0.1, -0.05) is 6.58 Å². The third-order valence-electron chi connectivity index (χ3n) is 0.478. The van der Waals surface area contributed by atoms with Gasteiger partial charge in [-0.25, -0.2) is 0 Å². The first-order valence-corrected chi connectivity index (χ1v) is 4.14. The molecule has 0 N–H and O–H groups in total. The predicted octanol–water partition coefficient (Wildman–Crippen LogP) is 1.20. The van der Waals surface area contributed by atoms with Crippen LogP contribution in [0.5, 0.6) is 0 Å². The van der Waals surface area contributed by atoms with E-state index in [4.69, 9.17) is 4.79 Å². The fourth-order valence-corrected chi connectivity index (χ4v) is 0.432. The lowest BCUT2D eigenvalue weighted by molar-refractivity contribution is -0.106. The van der Waals surface area contributed by atoms with Crippen molar-refractivity contribution in [1.29, 1.82) is 0 Å². The van der Waals surface area contributed by atoms with E-state index in [1.165, 1.54) is 6.92 Å². The highest BCUT2D eigenvalue weighted by Gasteiger charge is 2.47. The van der Waals surface area contributed by atoms with Crippen LogP contribution >= 0.6 is 0 Å². The van der Waals surface area contributed by atoms with E-state index < -0.39 is 15.6 Å². The number of alkyl halides is 3. The molecule has 0 bridgehead atoms. The summed E-state index contributed by atoms with van der Waals surface area (Å²) >= 11 is 0. The number of carbonyl (C=O) groups excluding carboxylic acids is 1. The van der Waals surface area contributed by atoms with Crippen molar-refractivity contribution in [3.8, 4) is 0 Å². The molecular weight excluding hydrogens is 213 g/mol. The Morgan fingerprint density at radius 3 is 1.77 bits per heavy atom. The maximum atomic E-state index is 11.3. The summed E-state index contributed by atoms with van der Waals surface area (Å²) in [5.41, 5.74) is -5.37. The second-order valence-corrected chi connectivity index (χ2v) is 2.96. The van der Waals surface area contributed by atoms with Gasteiger partial charge in [-0.15, -0.1) is 0 Å². The van der Waals surface area contributed by atoms with E-state index in [0.29, 0.717) is 0 Å². The molecule has 0 spiro atoms. The van der Waals surface area contributed by atoms with Gasteiger partial charge in [0.05, 0.1) is 6.26 Å². The molecule has 0 aromatic carbocycles. The van der Waals surface area contributed by atoms with Crippen molar-refractivity contribution in [3.05, 3.63) is 12.8 Å². The van der Waals surface area contributed by atoms with Gasteiger partial charge in [0.15, 0.2) is 0 Å². The second-order valence-electron chi connectivity index (χ2n) is 1.40. The van der Waals surface area contributed by atoms with E-state index in [1.54, 1.807) is 0 Å². The predicted molar refractivity (Wildman–Crippen MR) is 38.0 cm³/mol. The average Bonchev–Trinajstić information content (AvgIpc) is 1.85. The fraction of sp³-hybridized carbons (Fsp3) is 0.400. The van der Waals surface area contributed by atoms with Crippen LogP contribution in [0.1, 0.15) is 6.92 Å². The highest BCUT2D eigenvalue weighted by molar-refractivity contribution is 7.87. The minimum Gasteiger partial charge on any atom is -0.385 e. The molecule has 0 radical (unpaired) electrons. The van der Waals surface area contributed by atoms with E-state index in [2.05, 4.69) is 10.8 Å². The second kappa shape index (κ2) is 5.57. The van der Waals surface area contributed by atoms with Gasteiger partial charge < -0.3 is 8.98 Å². The zero-order valence-electron chi connectivity index (χ0n) is 6.54. The smallest absolute Gasteiger partial charge is 0.385 e. The van der Waals surface area contributed by atoms with E-state index in [0.717, 1.165) is 6.29 Å². The van der Waals surface area contributed by atoms with Gasteiger partial charge in [0.25, 0.3) is 0 Å². The highest BCUT2D eigenvalue weighted by atomic mass is 32.2. The Kier molecular flexibility index (Phi) is 6.20. The standard InChI is InChI=1S/C3H3F3O3S.C2H4O/c1-2-9-10(7,8)3(4,5)6;1-2-3/h2H,1H2;2H,1H3. The van der Waals surface area contributed by atoms with Gasteiger partial charge in [0, 0.05) is 0 Å². The summed E-state index contributed by atoms with van der Waals surface area (Å²) in [6.45, 7) is 4.10. The Hall–Kier alpha value is -1.05. The Balaban J connectivity index is 0. The van der Waals surface area contributed by atoms with Crippen LogP contribution in [0.2, 0.25) is 0 Å². The first-order chi connectivity index (χ1) is 5.72. The van der Waals surface area contributed by atoms with Crippen molar-refractivity contribution in [3.63, 3.8) is 0 Å². The molecule has 0 aliphatic rings. The summed E-state index contributed by atoms with van der Waals surface area (Å²) in [5.74, 6) is 0. The lowest BCUT2D eigenvalue weighted by atomic mass is 11.0. The molecule has 0 saturated carbocycles. The van der Waals surface area contributed by atoms with Crippen LogP contribution in [0.25, 0.3) is 0 Å². The molecule has 0 aliphatic carbocycles. The first-order valence-electron chi connectivity index (χ1n) is 2.73. The molecule has 0 fully saturated rings. The monoisotopic (exact) mass is 220 g/mol. The normalized spacial score (nSPS) is 10.8. The minimum absolute atomic E-state index is 0.197. The van der Waals surface area contributed by atoms with E-state index in [-0.39, 0.29) is 6.26 Å². The third kappa shape index (κ3) is 6.14. The maximum Gasteiger partial charge on any atom is 0.534 e. The van der Waals surface area contributed by atoms with Crippen LogP contribution in [-0.4, -0.2) is 20.2 Å². The van der Waals surface area contributed by atoms with Crippen LogP contribution in [0.4, 0.5) is 13.2 Å². The molecule has 0 saturated heterocycles. The molecule has 4 nitrogen and oxygen atoms in total. The fourth-order valence-electron chi connectivity index (χ4n) is 0.144. The van der Waals surface area contributed by atoms with E-state index in [1.807, 2.05) is 0 Å². The maximum absolute atomic E-state index is 11.3. The lowest BCUT2D eigenvalue weighted by Crippen LogP contribution is -2.23. The molecule has 13 heavy (non-hydrogen) atoms. The number of hydrogen-bond donors (Lipinski definition) is 0. The average molecular weight is 220 g/mol. The van der Waals surface area contributed by atoms with Crippen molar-refractivity contribution in [2.45, 2.75) is 12.4 Å². The first kappa shape index (κ1) is 14.5. The van der Waals surface area contributed by atoms with Crippen molar-refractivity contribution in [2.75, 3.05) is 0 Å². The summed E-state index contributed by atoms with van der Waals surface area (Å²) in [6, 6.07) is 0. The zero-order chi connectivity index (χ0) is 11.1. The number of aldehydes is 1. The van der Waals surface area contributed by atoms with Crippen molar-refractivity contribution >= 4 is 16.4 Å². The summed E-state index contributed by atoms with van der Waals surface area (Å²) < 4.78 is 56.7. The number of rotatable bonds is 2. The van der Waals surface area contributed by atoms with Crippen molar-refractivity contribution in [1.82, 2.24) is 0 Å². The molecule has 78 valence electrons. The molecule has 0 heterocycles. The van der Waals surface area contributed by atoms with Crippen LogP contribution < -0.4 is 0 Å². The number of carbonyl (C=O) groups is 1. The summed E-state index contributed by atoms with van der Waals surface area (Å²) in [5, 5.41) is 0. The SMILES string of the molecule is C=COS(=O)(=O)C(F)(F)F.CC=O. The molecule has 0 aliphatic heterocycles. The number of halogens is 3. The van der Waals surface area contributed by atoms with Gasteiger partial charge in [-0.3, -0.25) is 0 Å². The summed E-state index contributed by atoms with van der Waals surface area (Å²) in [7, 11) is -5.47. The molecule has 0 amide bonds. The van der Waals surface area contributed by atoms with Crippen molar-refractivity contribution < 1.29 is 30.6 Å². The highest BCUT2D eigenvalue weighted by Crippen LogP contribution is 2.24. The Morgan fingerprint density at radius 1 is 1.38 bits per heavy atom. The molecule has 0 unspecified atom stereocenters. The number of hydrogen-bond acceptors (Lipinski definition) is 4. The van der Waals surface area contributed by atoms with Crippen molar-refractivity contribution in [2.24, 2.45) is 0 Å². The van der Waals surface area contributed by atoms with Gasteiger partial charge >= 0.3 is 15.6 Å². The van der Waals surface area contributed by atoms with Gasteiger partial charge in [-0.2, -0.15) is 21.6 Å². The summed E-state index contributed by atoms with van der Waals surface area (Å²) in [6.07, 6.45) is 0.947. The largest absolute Gasteiger partial charge is 0.534 e. The molecule has 8 heteroatoms. The Bertz CT molecular complexity index is 253. The van der Waals surface area contributed by atoms with Gasteiger partial charge in [-0.05, 0) is 6.92 Å². The quantitative estimate of drug-likeness (QED) is 0.303. The minimum atomic E-state index is -5.47. The molecule has 0 aromatic rings. The lowest BCUT2D eigenvalue weighted by Gasteiger charge is -2.04. The van der Waals surface area contributed by atoms with Crippen LogP contribution in [0, 0.1) is 0 Å². The van der Waals surface area contributed by atoms with Crippen LogP contribution in [0.3, 0.4) is 0 Å². The topological polar surface area (TPSA) is 60.4 Å². The van der Waals surface area contributed by atoms with Gasteiger partial charge in [0.1, 0.15) is 6.29 Å². The summed E-state index contributed by atoms with van der Waals surface area (Å²) in [4.78, 5) is 8.81. The third-order valence-corrected chi connectivity index (χ3v) is 1.43. The Morgan fingerprint density at radius 2 is 1.69 bits per heavy atom. The Labute approximate surface area is 73.1 Å². The zero-order valence-corrected chi connectivity index (χ0v) is 7.35. The van der Waals surface area contributed by atoms with Crippen LogP contribution in [-0.2, 0) is 19.1 Å². The van der Waals surface area contributed by atoms with Crippen LogP contribution in [0.15, 0.2) is 12.8 Å². The van der Waals surface area contributed by atoms with E-state index in [9.17, 15) is 21.6 Å². The molecule has 0 rings (SSSR count). The van der Waals surface area contributed by atoms with Gasteiger partial charge in [0.2, 0.25) is 0 Å². The molecule has 0 atom stereocenters. The molecular formula is C5H7F3O4S. The van der Waals surface area contributed by atoms with E-state index >= 15 is 0 Å². The molecule has 0 aromatic heterocycles.